The molecule has 9 rings (SSSR count). The fourth-order valence-corrected chi connectivity index (χ4v) is 16.2. The Morgan fingerprint density at radius 2 is 1.22 bits per heavy atom. The van der Waals surface area contributed by atoms with Crippen LogP contribution in [0.2, 0.25) is 0 Å². The van der Waals surface area contributed by atoms with Crippen molar-refractivity contribution in [1.82, 2.24) is 0 Å². The van der Waals surface area contributed by atoms with Crippen LogP contribution in [-0.2, 0) is 42.7 Å². The summed E-state index contributed by atoms with van der Waals surface area (Å²) >= 11 is 0. The summed E-state index contributed by atoms with van der Waals surface area (Å²) < 4.78 is 47.0. The number of carbonyl (C=O) groups excluding carboxylic acids is 1. The Morgan fingerprint density at radius 1 is 0.618 bits per heavy atom. The standard InChI is InChI=1S/C52H84O24/c1-21-39(73-42-36(65)31(60)25(57)17-69-42)35(64)38(67)43(71-21)74-40-32(61)26(58)18-70-45(40)76-46(68)52-12-11-47(2,3)13-23(52)22-7-8-28-48(4)14-24(56)41(75-44-37(66)34(63)33(62)27(16-53)72-44)51(19-54,20-55)29(48)9-10-49(28,5)50(22,6)15-30(52)59/h7,21,23-45,53-67H,8-20H2,1-6H3/t21-,23?,24-,25+,26-,27+,28?,29+,30+,31-,32-,33+,34-,35-,36+,37+,38+,39-,40+,41-,42-,43-,44-,45-,48+,49+,50+,52+/m0/s1. The summed E-state index contributed by atoms with van der Waals surface area (Å²) in [6.07, 6.45) is -28.2. The first-order valence-electron chi connectivity index (χ1n) is 27.0. The predicted octanol–water partition coefficient (Wildman–Crippen LogP) is -3.84. The topological polar surface area (TPSA) is 394 Å². The molecule has 4 heterocycles. The van der Waals surface area contributed by atoms with Crippen molar-refractivity contribution in [2.75, 3.05) is 33.0 Å². The van der Waals surface area contributed by atoms with Crippen LogP contribution in [0.3, 0.4) is 0 Å². The lowest BCUT2D eigenvalue weighted by molar-refractivity contribution is -0.369. The van der Waals surface area contributed by atoms with Crippen LogP contribution in [0.5, 0.6) is 0 Å². The number of aliphatic hydroxyl groups is 15. The van der Waals surface area contributed by atoms with Gasteiger partial charge in [-0.25, -0.2) is 0 Å². The molecule has 0 radical (unpaired) electrons. The summed E-state index contributed by atoms with van der Waals surface area (Å²) in [4.78, 5) is 15.3. The second kappa shape index (κ2) is 21.3. The summed E-state index contributed by atoms with van der Waals surface area (Å²) in [5.74, 6) is -2.14. The molecular weight excluding hydrogens is 1010 g/mol. The Hall–Kier alpha value is -1.67. The van der Waals surface area contributed by atoms with Crippen LogP contribution in [0.1, 0.15) is 92.9 Å². The maximum atomic E-state index is 15.3. The van der Waals surface area contributed by atoms with Crippen molar-refractivity contribution in [1.29, 1.82) is 0 Å². The van der Waals surface area contributed by atoms with E-state index in [0.717, 1.165) is 5.57 Å². The van der Waals surface area contributed by atoms with Gasteiger partial charge in [-0.1, -0.05) is 46.3 Å². The maximum absolute atomic E-state index is 15.3. The lowest BCUT2D eigenvalue weighted by Gasteiger charge is -2.72. The zero-order valence-electron chi connectivity index (χ0n) is 44.0. The van der Waals surface area contributed by atoms with Crippen molar-refractivity contribution in [2.45, 2.75) is 222 Å². The van der Waals surface area contributed by atoms with E-state index in [9.17, 15) is 76.6 Å². The quantitative estimate of drug-likeness (QED) is 0.0535. The lowest BCUT2D eigenvalue weighted by Crippen LogP contribution is -2.71. The van der Waals surface area contributed by atoms with Gasteiger partial charge in [-0.05, 0) is 97.7 Å². The number of ether oxygens (including phenoxy) is 8. The number of fused-ring (bicyclic) bond motifs is 7. The molecule has 0 aromatic heterocycles. The fraction of sp³-hybridized carbons (Fsp3) is 0.942. The van der Waals surface area contributed by atoms with E-state index in [1.807, 2.05) is 6.92 Å². The molecule has 0 aromatic rings. The number of hydrogen-bond acceptors (Lipinski definition) is 24. The van der Waals surface area contributed by atoms with Crippen LogP contribution >= 0.6 is 0 Å². The first-order chi connectivity index (χ1) is 35.6. The summed E-state index contributed by atoms with van der Waals surface area (Å²) in [6.45, 7) is 9.08. The van der Waals surface area contributed by atoms with Gasteiger partial charge in [0.25, 0.3) is 0 Å². The van der Waals surface area contributed by atoms with Crippen molar-refractivity contribution in [3.8, 4) is 0 Å². The molecule has 4 saturated carbocycles. The molecule has 9 aliphatic rings. The van der Waals surface area contributed by atoms with E-state index in [0.29, 0.717) is 32.1 Å². The number of rotatable bonds is 11. The van der Waals surface area contributed by atoms with E-state index >= 15 is 4.79 Å². The third-order valence-electron chi connectivity index (χ3n) is 20.8. The summed E-state index contributed by atoms with van der Waals surface area (Å²) in [6, 6.07) is 0. The number of esters is 1. The molecule has 4 saturated heterocycles. The third-order valence-corrected chi connectivity index (χ3v) is 20.8. The molecule has 24 heteroatoms. The van der Waals surface area contributed by atoms with E-state index in [1.54, 1.807) is 0 Å². The Kier molecular flexibility index (Phi) is 16.5. The summed E-state index contributed by atoms with van der Waals surface area (Å²) in [7, 11) is 0. The van der Waals surface area contributed by atoms with Crippen molar-refractivity contribution in [3.63, 3.8) is 0 Å². The zero-order valence-corrected chi connectivity index (χ0v) is 44.0. The summed E-state index contributed by atoms with van der Waals surface area (Å²) in [5.41, 5.74) is -4.60. The van der Waals surface area contributed by atoms with E-state index in [4.69, 9.17) is 37.9 Å². The van der Waals surface area contributed by atoms with Gasteiger partial charge < -0.3 is 114 Å². The third kappa shape index (κ3) is 9.17. The average molecular weight is 1090 g/mol. The Morgan fingerprint density at radius 3 is 1.88 bits per heavy atom. The second-order valence-electron chi connectivity index (χ2n) is 25.4. The first-order valence-corrected chi connectivity index (χ1v) is 27.0. The monoisotopic (exact) mass is 1090 g/mol. The smallest absolute Gasteiger partial charge is 0.317 e. The number of aliphatic hydroxyl groups excluding tert-OH is 15. The lowest BCUT2D eigenvalue weighted by atomic mass is 9.33. The van der Waals surface area contributed by atoms with Crippen molar-refractivity contribution in [2.24, 2.45) is 50.2 Å². The number of allylic oxidation sites excluding steroid dienone is 2. The number of carbonyl (C=O) groups is 1. The molecule has 15 N–H and O–H groups in total. The molecule has 2 unspecified atom stereocenters. The molecule has 5 aliphatic carbocycles. The van der Waals surface area contributed by atoms with Gasteiger partial charge in [-0.15, -0.1) is 0 Å². The van der Waals surface area contributed by atoms with Gasteiger partial charge in [0.05, 0.1) is 57.5 Å². The van der Waals surface area contributed by atoms with Crippen LogP contribution in [0.4, 0.5) is 0 Å². The number of hydrogen-bond donors (Lipinski definition) is 15. The minimum absolute atomic E-state index is 0.103. The first kappa shape index (κ1) is 59.0. The highest BCUT2D eigenvalue weighted by molar-refractivity contribution is 5.80. The molecular formula is C52H84O24. The van der Waals surface area contributed by atoms with Gasteiger partial charge in [0.2, 0.25) is 6.29 Å². The van der Waals surface area contributed by atoms with E-state index < -0.39 is 207 Å². The van der Waals surface area contributed by atoms with E-state index in [2.05, 4.69) is 33.8 Å². The predicted molar refractivity (Wildman–Crippen MR) is 255 cm³/mol. The van der Waals surface area contributed by atoms with Gasteiger partial charge >= 0.3 is 5.97 Å². The Bertz CT molecular complexity index is 2090. The van der Waals surface area contributed by atoms with Crippen LogP contribution in [0.25, 0.3) is 0 Å². The molecule has 4 aliphatic heterocycles. The Labute approximate surface area is 441 Å². The largest absolute Gasteiger partial charge is 0.432 e. The highest BCUT2D eigenvalue weighted by Gasteiger charge is 2.74. The highest BCUT2D eigenvalue weighted by Crippen LogP contribution is 2.76. The van der Waals surface area contributed by atoms with Crippen LogP contribution < -0.4 is 0 Å². The Balaban J connectivity index is 0.971. The van der Waals surface area contributed by atoms with E-state index in [-0.39, 0.29) is 30.6 Å². The van der Waals surface area contributed by atoms with Gasteiger partial charge in [0, 0.05) is 5.41 Å². The van der Waals surface area contributed by atoms with Crippen LogP contribution in [-0.4, -0.2) is 245 Å². The molecule has 0 amide bonds. The normalized spacial score (nSPS) is 54.0. The summed E-state index contributed by atoms with van der Waals surface area (Å²) in [5, 5.41) is 165. The molecule has 24 nitrogen and oxygen atoms in total. The molecule has 8 fully saturated rings. The fourth-order valence-electron chi connectivity index (χ4n) is 16.2. The molecule has 0 bridgehead atoms. The minimum atomic E-state index is -1.91. The minimum Gasteiger partial charge on any atom is -0.432 e. The van der Waals surface area contributed by atoms with Crippen molar-refractivity contribution < 1.29 is 119 Å². The second-order valence-corrected chi connectivity index (χ2v) is 25.4. The van der Waals surface area contributed by atoms with Gasteiger partial charge in [-0.3, -0.25) is 4.79 Å². The van der Waals surface area contributed by atoms with Crippen molar-refractivity contribution in [3.05, 3.63) is 11.6 Å². The van der Waals surface area contributed by atoms with Crippen LogP contribution in [0, 0.1) is 50.2 Å². The average Bonchev–Trinajstić information content (AvgIpc) is 3.56. The highest BCUT2D eigenvalue weighted by atomic mass is 16.8. The zero-order chi connectivity index (χ0) is 55.6. The van der Waals surface area contributed by atoms with Crippen LogP contribution in [0.15, 0.2) is 11.6 Å². The maximum Gasteiger partial charge on any atom is 0.317 e. The van der Waals surface area contributed by atoms with Gasteiger partial charge in [-0.2, -0.15) is 0 Å². The molecule has 436 valence electrons. The van der Waals surface area contributed by atoms with E-state index in [1.165, 1.54) is 6.92 Å². The van der Waals surface area contributed by atoms with Crippen molar-refractivity contribution >= 4 is 5.97 Å². The van der Waals surface area contributed by atoms with Gasteiger partial charge in [0.15, 0.2) is 25.0 Å². The molecule has 0 spiro atoms. The SMILES string of the molecule is C[C@@H]1O[C@@H](O[C@H]2[C@H](OC(=O)[C@]34CCC(C)(C)CC3C3=CCC5[C@@]6(C)C[C@H](O)[C@H](O[C@@H]7O[C@H](CO)[C@@H](O)[C@H](O)[C@H]7O)C(CO)(CO)[C@@H]6CC[C@@]5(C)[C@]3(C)C[C@H]4O)OC[C@H](O)[C@@H]2O)[C@H](O)[C@H](O)[C@H]1O[C@@H]1OC[C@@H](O)[C@H](O)[C@H]1O. The molecule has 0 aromatic carbocycles. The molecule has 76 heavy (non-hydrogen) atoms. The van der Waals surface area contributed by atoms with Gasteiger partial charge in [0.1, 0.15) is 78.7 Å². The molecule has 28 atom stereocenters.